The minimum Gasteiger partial charge on any atom is -0.368 e. The predicted octanol–water partition coefficient (Wildman–Crippen LogP) is 1.49. The smallest absolute Gasteiger partial charge is 0.290 e. The highest BCUT2D eigenvalue weighted by atomic mass is 16.2. The third-order valence-electron chi connectivity index (χ3n) is 9.72. The van der Waals surface area contributed by atoms with Gasteiger partial charge in [0.05, 0.1) is 12.6 Å². The van der Waals surface area contributed by atoms with E-state index in [9.17, 15) is 38.4 Å². The van der Waals surface area contributed by atoms with Gasteiger partial charge in [-0.15, -0.1) is 0 Å². The Morgan fingerprint density at radius 2 is 1.43 bits per heavy atom. The van der Waals surface area contributed by atoms with Crippen LogP contribution in [0.5, 0.6) is 0 Å². The number of carbonyl (C=O) groups excluding carboxylic acids is 8. The van der Waals surface area contributed by atoms with Crippen LogP contribution in [0.2, 0.25) is 0 Å². The van der Waals surface area contributed by atoms with Gasteiger partial charge in [-0.1, -0.05) is 75.8 Å². The summed E-state index contributed by atoms with van der Waals surface area (Å²) in [6, 6.07) is 3.98. The lowest BCUT2D eigenvalue weighted by molar-refractivity contribution is -0.141. The third kappa shape index (κ3) is 15.0. The summed E-state index contributed by atoms with van der Waals surface area (Å²) in [6.45, 7) is 1.55. The molecule has 1 heterocycles. The van der Waals surface area contributed by atoms with Crippen LogP contribution in [0.1, 0.15) is 121 Å². The number of nitrogens with two attached hydrogens (primary N) is 1. The van der Waals surface area contributed by atoms with Crippen LogP contribution in [0.15, 0.2) is 30.3 Å². The zero-order valence-electron chi connectivity index (χ0n) is 30.8. The number of amides is 7. The molecule has 0 aromatic heterocycles. The van der Waals surface area contributed by atoms with Gasteiger partial charge in [-0.3, -0.25) is 38.4 Å². The van der Waals surface area contributed by atoms with Crippen LogP contribution < -0.4 is 37.6 Å². The highest BCUT2D eigenvalue weighted by Crippen LogP contribution is 2.27. The second kappa shape index (κ2) is 23.0. The molecule has 4 unspecified atom stereocenters. The number of benzene rings is 1. The zero-order chi connectivity index (χ0) is 38.6. The van der Waals surface area contributed by atoms with E-state index in [2.05, 4.69) is 31.9 Å². The van der Waals surface area contributed by atoms with E-state index in [0.717, 1.165) is 51.4 Å². The molecule has 0 radical (unpaired) electrons. The summed E-state index contributed by atoms with van der Waals surface area (Å²) in [6.07, 6.45) is 9.76. The molecule has 0 bridgehead atoms. The zero-order valence-corrected chi connectivity index (χ0v) is 30.8. The molecule has 1 aliphatic heterocycles. The monoisotopic (exact) mass is 739 g/mol. The molecule has 1 aromatic rings. The third-order valence-corrected chi connectivity index (χ3v) is 9.72. The standard InChI is InChI=1S/C38H57N7O8/c1-2-15-27(34(49)38(53)41-24-31(48)45-32(35(39)50)25-16-7-5-8-17-25)42-36(51)28-20-13-14-23-40-29(46)21-11-3-4-12-22-30(47)44-33(37(52)43-28)26-18-9-6-10-19-26/h5,7-8,16-17,26-28,32-33H,2-4,6,9-15,18-24H2,1H3,(H2,39,50)(H,40,46)(H,41,53)(H,42,51)(H,43,52)(H,44,47)(H,45,48). The average molecular weight is 740 g/mol. The molecule has 0 spiro atoms. The number of Topliss-reactive ketones (excluding diaryl/α,β-unsaturated/α-hetero) is 1. The van der Waals surface area contributed by atoms with E-state index in [1.165, 1.54) is 0 Å². The molecule has 1 aromatic carbocycles. The van der Waals surface area contributed by atoms with E-state index in [4.69, 9.17) is 5.73 Å². The summed E-state index contributed by atoms with van der Waals surface area (Å²) >= 11 is 0. The first-order chi connectivity index (χ1) is 25.5. The maximum Gasteiger partial charge on any atom is 0.290 e. The molecule has 1 saturated heterocycles. The van der Waals surface area contributed by atoms with Crippen LogP contribution in [0, 0.1) is 5.92 Å². The summed E-state index contributed by atoms with van der Waals surface area (Å²) < 4.78 is 0. The predicted molar refractivity (Wildman–Crippen MR) is 196 cm³/mol. The maximum atomic E-state index is 13.9. The van der Waals surface area contributed by atoms with Gasteiger partial charge in [0.25, 0.3) is 5.91 Å². The minimum atomic E-state index is -1.25. The second-order valence-electron chi connectivity index (χ2n) is 14.0. The van der Waals surface area contributed by atoms with Crippen molar-refractivity contribution in [1.82, 2.24) is 31.9 Å². The van der Waals surface area contributed by atoms with Crippen molar-refractivity contribution < 1.29 is 38.4 Å². The van der Waals surface area contributed by atoms with Gasteiger partial charge in [-0.2, -0.15) is 0 Å². The fraction of sp³-hybridized carbons (Fsp3) is 0.632. The fourth-order valence-electron chi connectivity index (χ4n) is 6.77. The Morgan fingerprint density at radius 1 is 0.792 bits per heavy atom. The number of hydrogen-bond acceptors (Lipinski definition) is 8. The molecule has 1 saturated carbocycles. The molecule has 15 heteroatoms. The first kappa shape index (κ1) is 42.6. The molecule has 2 fully saturated rings. The van der Waals surface area contributed by atoms with Gasteiger partial charge in [0.15, 0.2) is 0 Å². The molecule has 3 rings (SSSR count). The Labute approximate surface area is 311 Å². The van der Waals surface area contributed by atoms with Crippen LogP contribution in [0.4, 0.5) is 0 Å². The van der Waals surface area contributed by atoms with Crippen LogP contribution >= 0.6 is 0 Å². The molecule has 4 atom stereocenters. The van der Waals surface area contributed by atoms with Crippen LogP contribution in [-0.2, 0) is 38.4 Å². The van der Waals surface area contributed by atoms with Crippen molar-refractivity contribution in [1.29, 1.82) is 0 Å². The second-order valence-corrected chi connectivity index (χ2v) is 14.0. The molecule has 8 N–H and O–H groups in total. The van der Waals surface area contributed by atoms with Gasteiger partial charge in [-0.25, -0.2) is 0 Å². The summed E-state index contributed by atoms with van der Waals surface area (Å²) in [5.41, 5.74) is 5.90. The van der Waals surface area contributed by atoms with Crippen molar-refractivity contribution in [3.8, 4) is 0 Å². The molecule has 2 aliphatic rings. The van der Waals surface area contributed by atoms with Crippen molar-refractivity contribution in [3.63, 3.8) is 0 Å². The molecule has 1 aliphatic carbocycles. The lowest BCUT2D eigenvalue weighted by Gasteiger charge is -2.31. The first-order valence-corrected chi connectivity index (χ1v) is 19.1. The Bertz CT molecular complexity index is 1420. The molecule has 7 amide bonds. The maximum absolute atomic E-state index is 13.9. The highest BCUT2D eigenvalue weighted by molar-refractivity contribution is 6.38. The van der Waals surface area contributed by atoms with Gasteiger partial charge < -0.3 is 37.6 Å². The normalized spacial score (nSPS) is 21.2. The number of nitrogens with one attached hydrogen (secondary N) is 6. The summed E-state index contributed by atoms with van der Waals surface area (Å²) in [4.78, 5) is 104. The van der Waals surface area contributed by atoms with E-state index in [1.807, 2.05) is 0 Å². The average Bonchev–Trinajstić information content (AvgIpc) is 3.15. The summed E-state index contributed by atoms with van der Waals surface area (Å²) in [5, 5.41) is 16.0. The molecular weight excluding hydrogens is 682 g/mol. The van der Waals surface area contributed by atoms with Crippen LogP contribution in [0.3, 0.4) is 0 Å². The van der Waals surface area contributed by atoms with Crippen molar-refractivity contribution in [2.75, 3.05) is 13.1 Å². The lowest BCUT2D eigenvalue weighted by Crippen LogP contribution is -2.58. The van der Waals surface area contributed by atoms with Gasteiger partial charge in [-0.05, 0) is 62.8 Å². The highest BCUT2D eigenvalue weighted by Gasteiger charge is 2.35. The van der Waals surface area contributed by atoms with E-state index in [-0.39, 0.29) is 37.0 Å². The first-order valence-electron chi connectivity index (χ1n) is 19.1. The molecule has 53 heavy (non-hydrogen) atoms. The van der Waals surface area contributed by atoms with Crippen molar-refractivity contribution >= 4 is 47.1 Å². The SMILES string of the molecule is CCCC(NC(=O)C1CCCCNC(=O)CCCCCCC(=O)NC(C2CCCCC2)C(=O)N1)C(=O)C(=O)NCC(=O)NC(C(N)=O)c1ccccc1. The topological polar surface area (TPSA) is 235 Å². The van der Waals surface area contributed by atoms with Crippen molar-refractivity contribution in [2.24, 2.45) is 11.7 Å². The van der Waals surface area contributed by atoms with Crippen LogP contribution in [0.25, 0.3) is 0 Å². The van der Waals surface area contributed by atoms with E-state index >= 15 is 0 Å². The van der Waals surface area contributed by atoms with Gasteiger partial charge >= 0.3 is 0 Å². The van der Waals surface area contributed by atoms with E-state index in [1.54, 1.807) is 37.3 Å². The fourth-order valence-corrected chi connectivity index (χ4v) is 6.77. The number of rotatable bonds is 12. The van der Waals surface area contributed by atoms with Gasteiger partial charge in [0.1, 0.15) is 18.1 Å². The lowest BCUT2D eigenvalue weighted by atomic mass is 9.83. The summed E-state index contributed by atoms with van der Waals surface area (Å²) in [7, 11) is 0. The Hall–Kier alpha value is -4.82. The summed E-state index contributed by atoms with van der Waals surface area (Å²) in [5.74, 6) is -5.21. The van der Waals surface area contributed by atoms with E-state index < -0.39 is 66.0 Å². The number of ketones is 1. The van der Waals surface area contributed by atoms with Crippen molar-refractivity contribution in [3.05, 3.63) is 35.9 Å². The van der Waals surface area contributed by atoms with Gasteiger partial charge in [0.2, 0.25) is 41.2 Å². The Morgan fingerprint density at radius 3 is 2.09 bits per heavy atom. The van der Waals surface area contributed by atoms with Gasteiger partial charge in [0, 0.05) is 19.4 Å². The largest absolute Gasteiger partial charge is 0.368 e. The number of primary amides is 1. The molecular formula is C38H57N7O8. The molecule has 292 valence electrons. The van der Waals surface area contributed by atoms with E-state index in [0.29, 0.717) is 44.2 Å². The molecule has 15 nitrogen and oxygen atoms in total. The number of hydrogen-bond donors (Lipinski definition) is 7. The van der Waals surface area contributed by atoms with Crippen LogP contribution in [-0.4, -0.2) is 78.3 Å². The number of carbonyl (C=O) groups is 8. The quantitative estimate of drug-likeness (QED) is 0.155. The Kier molecular flexibility index (Phi) is 18.5. The minimum absolute atomic E-state index is 0.0673. The van der Waals surface area contributed by atoms with Crippen molar-refractivity contribution in [2.45, 2.75) is 134 Å². The Balaban J connectivity index is 1.70.